The lowest BCUT2D eigenvalue weighted by Crippen LogP contribution is -2.11. The molecule has 7 nitrogen and oxygen atoms in total. The molecule has 0 radical (unpaired) electrons. The van der Waals surface area contributed by atoms with Gasteiger partial charge >= 0.3 is 5.69 Å². The topological polar surface area (TPSA) is 93.0 Å². The van der Waals surface area contributed by atoms with Gasteiger partial charge in [-0.2, -0.15) is 16.3 Å². The Labute approximate surface area is 120 Å². The van der Waals surface area contributed by atoms with Crippen LogP contribution in [0.3, 0.4) is 0 Å². The summed E-state index contributed by atoms with van der Waals surface area (Å²) in [5.41, 5.74) is 1.09. The minimum atomic E-state index is -0.483. The summed E-state index contributed by atoms with van der Waals surface area (Å²) in [4.78, 5) is 18.5. The highest BCUT2D eigenvalue weighted by Crippen LogP contribution is 2.21. The first kappa shape index (κ1) is 14.2. The van der Waals surface area contributed by atoms with Crippen molar-refractivity contribution >= 4 is 28.8 Å². The lowest BCUT2D eigenvalue weighted by molar-refractivity contribution is -0.384. The van der Waals surface area contributed by atoms with Crippen molar-refractivity contribution in [2.75, 3.05) is 23.7 Å². The molecule has 0 aromatic carbocycles. The van der Waals surface area contributed by atoms with E-state index < -0.39 is 4.92 Å². The number of nitro groups is 1. The van der Waals surface area contributed by atoms with Gasteiger partial charge in [0.05, 0.1) is 4.92 Å². The molecule has 0 saturated heterocycles. The second kappa shape index (κ2) is 6.80. The van der Waals surface area contributed by atoms with E-state index in [1.54, 1.807) is 11.3 Å². The lowest BCUT2D eigenvalue weighted by Gasteiger charge is -2.07. The average molecular weight is 293 g/mol. The first-order valence-electron chi connectivity index (χ1n) is 6.21. The summed E-state index contributed by atoms with van der Waals surface area (Å²) in [6, 6.07) is 2.03. The number of nitrogens with one attached hydrogen (secondary N) is 2. The number of hydrogen-bond donors (Lipinski definition) is 2. The monoisotopic (exact) mass is 293 g/mol. The summed E-state index contributed by atoms with van der Waals surface area (Å²) >= 11 is 1.63. The van der Waals surface area contributed by atoms with Crippen LogP contribution in [0.5, 0.6) is 0 Å². The van der Waals surface area contributed by atoms with E-state index in [0.717, 1.165) is 6.42 Å². The van der Waals surface area contributed by atoms with Gasteiger partial charge in [-0.1, -0.05) is 0 Å². The van der Waals surface area contributed by atoms with E-state index in [1.807, 2.05) is 18.4 Å². The highest BCUT2D eigenvalue weighted by atomic mass is 32.1. The normalized spacial score (nSPS) is 10.2. The first-order chi connectivity index (χ1) is 9.70. The minimum Gasteiger partial charge on any atom is -0.364 e. The Hall–Kier alpha value is -2.22. The first-order valence-corrected chi connectivity index (χ1v) is 7.15. The molecule has 0 saturated carbocycles. The van der Waals surface area contributed by atoms with Crippen LogP contribution in [0, 0.1) is 10.1 Å². The van der Waals surface area contributed by atoms with Crippen molar-refractivity contribution in [1.82, 2.24) is 9.97 Å². The van der Waals surface area contributed by atoms with Crippen LogP contribution in [-0.4, -0.2) is 28.0 Å². The Morgan fingerprint density at radius 2 is 2.30 bits per heavy atom. The third-order valence-electron chi connectivity index (χ3n) is 2.59. The Morgan fingerprint density at radius 1 is 1.45 bits per heavy atom. The zero-order valence-electron chi connectivity index (χ0n) is 11.0. The minimum absolute atomic E-state index is 0.114. The lowest BCUT2D eigenvalue weighted by atomic mass is 10.2. The Balaban J connectivity index is 2.06. The standard InChI is InChI=1S/C12H15N5O2S/c1-2-13-12-15-7-10(17(18)19)11(16-12)14-5-3-9-4-6-20-8-9/h4,6-8H,2-3,5H2,1H3,(H2,13,14,15,16). The smallest absolute Gasteiger partial charge is 0.329 e. The highest BCUT2D eigenvalue weighted by Gasteiger charge is 2.16. The van der Waals surface area contributed by atoms with E-state index in [1.165, 1.54) is 11.8 Å². The predicted octanol–water partition coefficient (Wildman–Crippen LogP) is 2.53. The molecule has 0 amide bonds. The van der Waals surface area contributed by atoms with Crippen LogP contribution in [0.15, 0.2) is 23.0 Å². The second-order valence-corrected chi connectivity index (χ2v) is 4.80. The van der Waals surface area contributed by atoms with Crippen molar-refractivity contribution < 1.29 is 4.92 Å². The van der Waals surface area contributed by atoms with Gasteiger partial charge in [0.15, 0.2) is 0 Å². The molecule has 2 N–H and O–H groups in total. The summed E-state index contributed by atoms with van der Waals surface area (Å²) in [7, 11) is 0. The van der Waals surface area contributed by atoms with Crippen LogP contribution >= 0.6 is 11.3 Å². The molecule has 0 aliphatic heterocycles. The molecule has 2 rings (SSSR count). The molecule has 0 atom stereocenters. The largest absolute Gasteiger partial charge is 0.364 e. The van der Waals surface area contributed by atoms with Crippen LogP contribution in [0.4, 0.5) is 17.5 Å². The van der Waals surface area contributed by atoms with E-state index >= 15 is 0 Å². The van der Waals surface area contributed by atoms with Gasteiger partial charge in [0.25, 0.3) is 0 Å². The number of rotatable bonds is 7. The van der Waals surface area contributed by atoms with Crippen molar-refractivity contribution in [1.29, 1.82) is 0 Å². The van der Waals surface area contributed by atoms with Crippen molar-refractivity contribution in [3.05, 3.63) is 38.7 Å². The molecule has 20 heavy (non-hydrogen) atoms. The Kier molecular flexibility index (Phi) is 4.83. The Bertz CT molecular complexity index is 573. The zero-order chi connectivity index (χ0) is 14.4. The van der Waals surface area contributed by atoms with Crippen LogP contribution in [-0.2, 0) is 6.42 Å². The Morgan fingerprint density at radius 3 is 2.95 bits per heavy atom. The van der Waals surface area contributed by atoms with Crippen molar-refractivity contribution in [3.8, 4) is 0 Å². The van der Waals surface area contributed by atoms with E-state index in [4.69, 9.17) is 0 Å². The highest BCUT2D eigenvalue weighted by molar-refractivity contribution is 7.07. The molecule has 0 unspecified atom stereocenters. The van der Waals surface area contributed by atoms with Gasteiger partial charge in [-0.15, -0.1) is 0 Å². The molecule has 2 heterocycles. The quantitative estimate of drug-likeness (QED) is 0.602. The maximum Gasteiger partial charge on any atom is 0.329 e. The molecule has 8 heteroatoms. The van der Waals surface area contributed by atoms with Gasteiger partial charge < -0.3 is 10.6 Å². The van der Waals surface area contributed by atoms with Gasteiger partial charge in [-0.3, -0.25) is 10.1 Å². The molecule has 0 bridgehead atoms. The third kappa shape index (κ3) is 3.64. The number of anilines is 2. The maximum atomic E-state index is 10.9. The molecule has 106 valence electrons. The molecule has 2 aromatic rings. The maximum absolute atomic E-state index is 10.9. The van der Waals surface area contributed by atoms with E-state index in [2.05, 4.69) is 26.0 Å². The van der Waals surface area contributed by atoms with Crippen molar-refractivity contribution in [2.45, 2.75) is 13.3 Å². The van der Waals surface area contributed by atoms with E-state index in [-0.39, 0.29) is 11.5 Å². The number of aromatic nitrogens is 2. The van der Waals surface area contributed by atoms with Gasteiger partial charge in [0, 0.05) is 13.1 Å². The van der Waals surface area contributed by atoms with E-state index in [9.17, 15) is 10.1 Å². The van der Waals surface area contributed by atoms with Crippen LogP contribution in [0.2, 0.25) is 0 Å². The fourth-order valence-electron chi connectivity index (χ4n) is 1.64. The second-order valence-electron chi connectivity index (χ2n) is 4.02. The molecule has 0 aliphatic rings. The van der Waals surface area contributed by atoms with Gasteiger partial charge in [0.2, 0.25) is 11.8 Å². The molecular formula is C12H15N5O2S. The molecular weight excluding hydrogens is 278 g/mol. The summed E-state index contributed by atoms with van der Waals surface area (Å²) < 4.78 is 0. The predicted molar refractivity (Wildman–Crippen MR) is 79.4 cm³/mol. The van der Waals surface area contributed by atoms with Gasteiger partial charge in [-0.25, -0.2) is 4.98 Å². The fraction of sp³-hybridized carbons (Fsp3) is 0.333. The zero-order valence-corrected chi connectivity index (χ0v) is 11.8. The third-order valence-corrected chi connectivity index (χ3v) is 3.32. The summed E-state index contributed by atoms with van der Waals surface area (Å²) in [6.45, 7) is 3.15. The summed E-state index contributed by atoms with van der Waals surface area (Å²) in [5, 5.41) is 20.9. The van der Waals surface area contributed by atoms with Crippen LogP contribution < -0.4 is 10.6 Å². The summed E-state index contributed by atoms with van der Waals surface area (Å²) in [6.07, 6.45) is 2.01. The molecule has 2 aromatic heterocycles. The van der Waals surface area contributed by atoms with E-state index in [0.29, 0.717) is 19.0 Å². The van der Waals surface area contributed by atoms with Crippen molar-refractivity contribution in [3.63, 3.8) is 0 Å². The fourth-order valence-corrected chi connectivity index (χ4v) is 2.35. The molecule has 0 spiro atoms. The van der Waals surface area contributed by atoms with Gasteiger partial charge in [0.1, 0.15) is 6.20 Å². The number of nitrogens with zero attached hydrogens (tertiary/aromatic N) is 3. The SMILES string of the molecule is CCNc1ncc([N+](=O)[O-])c(NCCc2ccsc2)n1. The summed E-state index contributed by atoms with van der Waals surface area (Å²) in [5.74, 6) is 0.632. The number of hydrogen-bond acceptors (Lipinski definition) is 7. The number of thiophene rings is 1. The van der Waals surface area contributed by atoms with Crippen molar-refractivity contribution in [2.24, 2.45) is 0 Å². The molecule has 0 aliphatic carbocycles. The van der Waals surface area contributed by atoms with Crippen LogP contribution in [0.25, 0.3) is 0 Å². The van der Waals surface area contributed by atoms with Gasteiger partial charge in [-0.05, 0) is 35.7 Å². The van der Waals surface area contributed by atoms with Crippen LogP contribution in [0.1, 0.15) is 12.5 Å². The molecule has 0 fully saturated rings. The average Bonchev–Trinajstić information content (AvgIpc) is 2.92.